The maximum absolute atomic E-state index is 13.1. The average molecular weight is 280 g/mol. The predicted molar refractivity (Wildman–Crippen MR) is 84.4 cm³/mol. The molecule has 0 N–H and O–H groups in total. The van der Waals surface area contributed by atoms with Crippen molar-refractivity contribution in [1.82, 2.24) is 9.47 Å². The Morgan fingerprint density at radius 2 is 2.05 bits per heavy atom. The van der Waals surface area contributed by atoms with Crippen LogP contribution in [0.15, 0.2) is 35.9 Å². The van der Waals surface area contributed by atoms with E-state index in [0.29, 0.717) is 5.78 Å². The normalized spacial score (nSPS) is 27.0. The fourth-order valence-electron chi connectivity index (χ4n) is 4.01. The summed E-state index contributed by atoms with van der Waals surface area (Å²) in [7, 11) is 2.03. The van der Waals surface area contributed by atoms with Crippen molar-refractivity contribution in [3.63, 3.8) is 0 Å². The zero-order chi connectivity index (χ0) is 14.6. The first kappa shape index (κ1) is 12.8. The fraction of sp³-hybridized carbons (Fsp3) is 0.389. The van der Waals surface area contributed by atoms with Gasteiger partial charge in [0, 0.05) is 42.5 Å². The van der Waals surface area contributed by atoms with Crippen LogP contribution in [0.4, 0.5) is 0 Å². The lowest BCUT2D eigenvalue weighted by atomic mass is 9.83. The molecule has 3 aliphatic rings. The first-order valence-corrected chi connectivity index (χ1v) is 7.68. The number of hydrogen-bond acceptors (Lipinski definition) is 2. The van der Waals surface area contributed by atoms with Gasteiger partial charge in [-0.05, 0) is 31.5 Å². The molecule has 4 heterocycles. The van der Waals surface area contributed by atoms with Gasteiger partial charge in [0.25, 0.3) is 0 Å². The van der Waals surface area contributed by atoms with Gasteiger partial charge in [-0.25, -0.2) is 0 Å². The molecule has 0 spiro atoms. The molecule has 2 aromatic rings. The molecule has 3 nitrogen and oxygen atoms in total. The number of piperidine rings is 1. The number of fused-ring (bicyclic) bond motifs is 3. The smallest absolute Gasteiger partial charge is 0.186 e. The highest BCUT2D eigenvalue weighted by molar-refractivity contribution is 6.05. The van der Waals surface area contributed by atoms with E-state index in [2.05, 4.69) is 40.7 Å². The van der Waals surface area contributed by atoms with Crippen LogP contribution in [0.3, 0.4) is 0 Å². The molecule has 2 unspecified atom stereocenters. The molecule has 0 amide bonds. The van der Waals surface area contributed by atoms with E-state index in [-0.39, 0.29) is 5.92 Å². The molecule has 3 aliphatic heterocycles. The van der Waals surface area contributed by atoms with E-state index in [1.807, 2.05) is 13.1 Å². The van der Waals surface area contributed by atoms with Gasteiger partial charge >= 0.3 is 0 Å². The zero-order valence-electron chi connectivity index (χ0n) is 12.6. The molecule has 108 valence electrons. The Bertz CT molecular complexity index is 769. The van der Waals surface area contributed by atoms with E-state index < -0.39 is 0 Å². The molecule has 0 aliphatic carbocycles. The summed E-state index contributed by atoms with van der Waals surface area (Å²) in [5, 5.41) is 1.23. The van der Waals surface area contributed by atoms with E-state index in [1.165, 1.54) is 22.0 Å². The van der Waals surface area contributed by atoms with Gasteiger partial charge in [0.2, 0.25) is 0 Å². The van der Waals surface area contributed by atoms with Crippen molar-refractivity contribution in [2.45, 2.75) is 19.9 Å². The highest BCUT2D eigenvalue weighted by atomic mass is 16.1. The third-order valence-electron chi connectivity index (χ3n) is 5.10. The van der Waals surface area contributed by atoms with E-state index in [9.17, 15) is 4.79 Å². The lowest BCUT2D eigenvalue weighted by Gasteiger charge is -2.36. The summed E-state index contributed by atoms with van der Waals surface area (Å²) in [6, 6.07) is 8.37. The molecule has 0 radical (unpaired) electrons. The number of ketones is 1. The largest absolute Gasteiger partial charge is 0.341 e. The van der Waals surface area contributed by atoms with Crippen LogP contribution in [0, 0.1) is 5.92 Å². The van der Waals surface area contributed by atoms with Crippen LogP contribution in [0.5, 0.6) is 0 Å². The summed E-state index contributed by atoms with van der Waals surface area (Å²) >= 11 is 0. The minimum Gasteiger partial charge on any atom is -0.341 e. The second-order valence-electron chi connectivity index (χ2n) is 6.18. The quantitative estimate of drug-likeness (QED) is 0.693. The first-order chi connectivity index (χ1) is 10.2. The zero-order valence-corrected chi connectivity index (χ0v) is 12.6. The van der Waals surface area contributed by atoms with Crippen molar-refractivity contribution >= 4 is 16.7 Å². The van der Waals surface area contributed by atoms with E-state index in [4.69, 9.17) is 0 Å². The van der Waals surface area contributed by atoms with E-state index >= 15 is 0 Å². The summed E-state index contributed by atoms with van der Waals surface area (Å²) in [5.74, 6) is 0.393. The molecular weight excluding hydrogens is 260 g/mol. The number of hydrogen-bond donors (Lipinski definition) is 0. The number of benzene rings is 1. The Hall–Kier alpha value is -1.87. The summed E-state index contributed by atoms with van der Waals surface area (Å²) < 4.78 is 2.10. The number of carbonyl (C=O) groups is 1. The SMILES string of the molecule is C/C=C1/CN2CCC1C(=O)c1c(c3ccccc3n1C)C2. The Kier molecular flexibility index (Phi) is 2.79. The van der Waals surface area contributed by atoms with Crippen LogP contribution in [-0.4, -0.2) is 28.3 Å². The molecule has 3 heteroatoms. The van der Waals surface area contributed by atoms with Gasteiger partial charge in [0.05, 0.1) is 5.69 Å². The molecule has 1 aromatic heterocycles. The van der Waals surface area contributed by atoms with Crippen LogP contribution in [0.2, 0.25) is 0 Å². The van der Waals surface area contributed by atoms with Crippen molar-refractivity contribution in [1.29, 1.82) is 0 Å². The van der Waals surface area contributed by atoms with Crippen molar-refractivity contribution in [2.24, 2.45) is 13.0 Å². The molecule has 5 rings (SSSR count). The van der Waals surface area contributed by atoms with Crippen molar-refractivity contribution in [3.05, 3.63) is 47.2 Å². The maximum Gasteiger partial charge on any atom is 0.186 e. The average Bonchev–Trinajstić information content (AvgIpc) is 2.77. The van der Waals surface area contributed by atoms with Crippen LogP contribution >= 0.6 is 0 Å². The fourth-order valence-corrected chi connectivity index (χ4v) is 4.01. The lowest BCUT2D eigenvalue weighted by Crippen LogP contribution is -2.41. The van der Waals surface area contributed by atoms with Crippen molar-refractivity contribution in [2.75, 3.05) is 13.1 Å². The Labute approximate surface area is 124 Å². The number of nitrogens with zero attached hydrogens (tertiary/aromatic N) is 2. The summed E-state index contributed by atoms with van der Waals surface area (Å²) in [5.41, 5.74) is 4.60. The van der Waals surface area contributed by atoms with E-state index in [1.54, 1.807) is 0 Å². The van der Waals surface area contributed by atoms with Gasteiger partial charge in [0.15, 0.2) is 5.78 Å². The number of Topliss-reactive ketones (excluding diaryl/α,β-unsaturated/α-hetero) is 1. The molecule has 2 bridgehead atoms. The summed E-state index contributed by atoms with van der Waals surface area (Å²) in [6.07, 6.45) is 3.10. The molecular formula is C18H20N2O. The second kappa shape index (κ2) is 4.57. The molecule has 2 atom stereocenters. The first-order valence-electron chi connectivity index (χ1n) is 7.68. The summed E-state index contributed by atoms with van der Waals surface area (Å²) in [4.78, 5) is 15.6. The summed E-state index contributed by atoms with van der Waals surface area (Å²) in [6.45, 7) is 4.90. The highest BCUT2D eigenvalue weighted by Gasteiger charge is 2.36. The van der Waals surface area contributed by atoms with E-state index in [0.717, 1.165) is 31.7 Å². The van der Waals surface area contributed by atoms with Gasteiger partial charge in [-0.2, -0.15) is 0 Å². The standard InChI is InChI=1S/C18H20N2O/c1-3-12-10-20-9-8-13(12)18(21)17-15(11-20)14-6-4-5-7-16(14)19(17)2/h3-7,13H,8-11H2,1-2H3/b12-3-. The molecule has 0 saturated carbocycles. The topological polar surface area (TPSA) is 25.2 Å². The predicted octanol–water partition coefficient (Wildman–Crippen LogP) is 3.14. The monoisotopic (exact) mass is 280 g/mol. The van der Waals surface area contributed by atoms with Crippen LogP contribution < -0.4 is 0 Å². The Morgan fingerprint density at radius 3 is 2.86 bits per heavy atom. The number of aromatic nitrogens is 1. The Balaban J connectivity index is 2.01. The highest BCUT2D eigenvalue weighted by Crippen LogP contribution is 2.36. The molecule has 21 heavy (non-hydrogen) atoms. The number of rotatable bonds is 0. The molecule has 1 fully saturated rings. The van der Waals surface area contributed by atoms with Gasteiger partial charge in [-0.15, -0.1) is 0 Å². The van der Waals surface area contributed by atoms with Gasteiger partial charge < -0.3 is 4.57 Å². The third-order valence-corrected chi connectivity index (χ3v) is 5.10. The number of para-hydroxylation sites is 1. The van der Waals surface area contributed by atoms with Gasteiger partial charge in [0.1, 0.15) is 0 Å². The second-order valence-corrected chi connectivity index (χ2v) is 6.18. The van der Waals surface area contributed by atoms with Crippen molar-refractivity contribution in [3.8, 4) is 0 Å². The number of aryl methyl sites for hydroxylation is 1. The van der Waals surface area contributed by atoms with Crippen LogP contribution in [-0.2, 0) is 13.6 Å². The van der Waals surface area contributed by atoms with Crippen molar-refractivity contribution < 1.29 is 4.79 Å². The van der Waals surface area contributed by atoms with Crippen LogP contribution in [0.25, 0.3) is 10.9 Å². The van der Waals surface area contributed by atoms with Gasteiger partial charge in [-0.1, -0.05) is 24.3 Å². The lowest BCUT2D eigenvalue weighted by molar-refractivity contribution is 0.0870. The Morgan fingerprint density at radius 1 is 1.24 bits per heavy atom. The molecule has 1 aromatic carbocycles. The molecule has 1 saturated heterocycles. The third kappa shape index (κ3) is 1.74. The maximum atomic E-state index is 13.1. The van der Waals surface area contributed by atoms with Crippen LogP contribution in [0.1, 0.15) is 29.4 Å². The number of allylic oxidation sites excluding steroid dienone is 1. The van der Waals surface area contributed by atoms with Gasteiger partial charge in [-0.3, -0.25) is 9.69 Å². The number of carbonyl (C=O) groups excluding carboxylic acids is 1. The minimum atomic E-state index is 0.0771. The minimum absolute atomic E-state index is 0.0771.